The van der Waals surface area contributed by atoms with Crippen molar-refractivity contribution in [3.63, 3.8) is 0 Å². The number of hydrogen-bond acceptors (Lipinski definition) is 4. The summed E-state index contributed by atoms with van der Waals surface area (Å²) in [5.41, 5.74) is 2.16. The zero-order valence-corrected chi connectivity index (χ0v) is 15.9. The van der Waals surface area contributed by atoms with E-state index in [4.69, 9.17) is 4.74 Å². The highest BCUT2D eigenvalue weighted by Gasteiger charge is 2.25. The minimum atomic E-state index is -0.267. The van der Waals surface area contributed by atoms with Crippen LogP contribution in [0.25, 0.3) is 0 Å². The first-order valence-corrected chi connectivity index (χ1v) is 9.34. The molecule has 24 heavy (non-hydrogen) atoms. The summed E-state index contributed by atoms with van der Waals surface area (Å²) in [5, 5.41) is 13.1. The Morgan fingerprint density at radius 1 is 1.50 bits per heavy atom. The fourth-order valence-corrected chi connectivity index (χ4v) is 4.70. The molecule has 1 heterocycles. The van der Waals surface area contributed by atoms with Gasteiger partial charge in [-0.1, -0.05) is 22.9 Å². The van der Waals surface area contributed by atoms with Gasteiger partial charge in [-0.3, -0.25) is 4.79 Å². The summed E-state index contributed by atoms with van der Waals surface area (Å²) in [4.78, 5) is 13.9. The van der Waals surface area contributed by atoms with Crippen molar-refractivity contribution in [1.29, 1.82) is 5.26 Å². The van der Waals surface area contributed by atoms with Crippen LogP contribution in [0, 0.1) is 17.2 Å². The quantitative estimate of drug-likeness (QED) is 0.801. The predicted octanol–water partition coefficient (Wildman–Crippen LogP) is 4.77. The molecule has 124 valence electrons. The van der Waals surface area contributed by atoms with Crippen LogP contribution in [0.1, 0.15) is 39.7 Å². The summed E-state index contributed by atoms with van der Waals surface area (Å²) in [5.74, 6) is 0.858. The van der Waals surface area contributed by atoms with E-state index in [9.17, 15) is 10.1 Å². The zero-order valence-electron chi connectivity index (χ0n) is 13.5. The van der Waals surface area contributed by atoms with Crippen molar-refractivity contribution in [2.45, 2.75) is 26.2 Å². The third kappa shape index (κ3) is 3.19. The van der Waals surface area contributed by atoms with Crippen molar-refractivity contribution in [3.8, 4) is 11.8 Å². The molecule has 1 aliphatic carbocycles. The van der Waals surface area contributed by atoms with Crippen molar-refractivity contribution in [2.24, 2.45) is 5.92 Å². The second kappa shape index (κ2) is 6.96. The van der Waals surface area contributed by atoms with Crippen LogP contribution in [0.3, 0.4) is 0 Å². The Labute approximate surface area is 153 Å². The van der Waals surface area contributed by atoms with E-state index in [-0.39, 0.29) is 5.91 Å². The number of nitrogens with zero attached hydrogens (tertiary/aromatic N) is 1. The molecule has 1 aromatic heterocycles. The van der Waals surface area contributed by atoms with E-state index in [1.807, 2.05) is 6.07 Å². The lowest BCUT2D eigenvalue weighted by Gasteiger charge is -2.17. The Bertz CT molecular complexity index is 838. The molecule has 0 saturated heterocycles. The molecule has 2 aromatic rings. The molecular formula is C18H17BrN2O2S. The Kier molecular flexibility index (Phi) is 4.93. The third-order valence-electron chi connectivity index (χ3n) is 4.26. The van der Waals surface area contributed by atoms with Gasteiger partial charge in [-0.25, -0.2) is 0 Å². The molecule has 1 N–H and O–H groups in total. The van der Waals surface area contributed by atoms with E-state index in [0.717, 1.165) is 29.3 Å². The number of nitrogens with one attached hydrogen (secondary N) is 1. The van der Waals surface area contributed by atoms with Gasteiger partial charge in [0.1, 0.15) is 16.8 Å². The SMILES string of the molecule is COc1ccc(Br)cc1C(=O)Nc1sc2c(c1C#N)CC[C@H](C)C2. The topological polar surface area (TPSA) is 62.1 Å². The monoisotopic (exact) mass is 404 g/mol. The molecule has 3 rings (SSSR count). The molecule has 0 fully saturated rings. The number of amides is 1. The first-order valence-electron chi connectivity index (χ1n) is 7.73. The second-order valence-corrected chi connectivity index (χ2v) is 7.99. The maximum absolute atomic E-state index is 12.7. The van der Waals surface area contributed by atoms with E-state index in [2.05, 4.69) is 34.2 Å². The third-order valence-corrected chi connectivity index (χ3v) is 5.92. The number of rotatable bonds is 3. The molecule has 1 amide bonds. The van der Waals surface area contributed by atoms with Crippen LogP contribution in [-0.4, -0.2) is 13.0 Å². The van der Waals surface area contributed by atoms with E-state index in [1.165, 1.54) is 23.3 Å². The van der Waals surface area contributed by atoms with Gasteiger partial charge < -0.3 is 10.1 Å². The highest BCUT2D eigenvalue weighted by molar-refractivity contribution is 9.10. The summed E-state index contributed by atoms with van der Waals surface area (Å²) in [7, 11) is 1.53. The molecule has 1 atom stereocenters. The Morgan fingerprint density at radius 3 is 3.00 bits per heavy atom. The lowest BCUT2D eigenvalue weighted by Crippen LogP contribution is -2.13. The molecular weight excluding hydrogens is 388 g/mol. The molecule has 0 aliphatic heterocycles. The van der Waals surface area contributed by atoms with Crippen molar-refractivity contribution in [1.82, 2.24) is 0 Å². The number of methoxy groups -OCH3 is 1. The summed E-state index contributed by atoms with van der Waals surface area (Å²) in [6.07, 6.45) is 2.97. The van der Waals surface area contributed by atoms with Crippen molar-refractivity contribution >= 4 is 38.2 Å². The van der Waals surface area contributed by atoms with Gasteiger partial charge in [0.25, 0.3) is 5.91 Å². The number of ether oxygens (including phenoxy) is 1. The standard InChI is InChI=1S/C18H17BrN2O2S/c1-10-3-5-12-14(9-20)18(24-16(12)7-10)21-17(22)13-8-11(19)4-6-15(13)23-2/h4,6,8,10H,3,5,7H2,1-2H3,(H,21,22)/t10-/m0/s1. The van der Waals surface area contributed by atoms with Crippen LogP contribution in [0.2, 0.25) is 0 Å². The molecule has 1 aromatic carbocycles. The molecule has 0 saturated carbocycles. The smallest absolute Gasteiger partial charge is 0.260 e. The maximum Gasteiger partial charge on any atom is 0.260 e. The average Bonchev–Trinajstić information content (AvgIpc) is 2.90. The summed E-state index contributed by atoms with van der Waals surface area (Å²) >= 11 is 4.90. The molecule has 6 heteroatoms. The Balaban J connectivity index is 1.93. The van der Waals surface area contributed by atoms with Crippen molar-refractivity contribution in [3.05, 3.63) is 44.2 Å². The van der Waals surface area contributed by atoms with Gasteiger partial charge >= 0.3 is 0 Å². The minimum Gasteiger partial charge on any atom is -0.496 e. The summed E-state index contributed by atoms with van der Waals surface area (Å²) < 4.78 is 6.07. The number of anilines is 1. The van der Waals surface area contributed by atoms with Gasteiger partial charge in [-0.05, 0) is 48.9 Å². The molecule has 1 aliphatic rings. The van der Waals surface area contributed by atoms with Crippen LogP contribution in [0.5, 0.6) is 5.75 Å². The van der Waals surface area contributed by atoms with E-state index in [1.54, 1.807) is 12.1 Å². The Morgan fingerprint density at radius 2 is 2.29 bits per heavy atom. The van der Waals surface area contributed by atoms with Crippen LogP contribution in [0.15, 0.2) is 22.7 Å². The lowest BCUT2D eigenvalue weighted by molar-refractivity contribution is 0.102. The van der Waals surface area contributed by atoms with E-state index >= 15 is 0 Å². The number of nitriles is 1. The number of thiophene rings is 1. The van der Waals surface area contributed by atoms with Gasteiger partial charge in [0.2, 0.25) is 0 Å². The average molecular weight is 405 g/mol. The first-order chi connectivity index (χ1) is 11.5. The number of fused-ring (bicyclic) bond motifs is 1. The molecule has 0 unspecified atom stereocenters. The summed E-state index contributed by atoms with van der Waals surface area (Å²) in [6, 6.07) is 7.55. The van der Waals surface area contributed by atoms with Gasteiger partial charge in [0.05, 0.1) is 18.2 Å². The Hall–Kier alpha value is -1.84. The number of carbonyl (C=O) groups is 1. The maximum atomic E-state index is 12.7. The van der Waals surface area contributed by atoms with E-state index in [0.29, 0.717) is 27.8 Å². The molecule has 4 nitrogen and oxygen atoms in total. The van der Waals surface area contributed by atoms with Gasteiger partial charge in [0, 0.05) is 9.35 Å². The molecule has 0 spiro atoms. The number of hydrogen-bond donors (Lipinski definition) is 1. The van der Waals surface area contributed by atoms with Crippen LogP contribution >= 0.6 is 27.3 Å². The van der Waals surface area contributed by atoms with Crippen LogP contribution < -0.4 is 10.1 Å². The van der Waals surface area contributed by atoms with Crippen LogP contribution in [-0.2, 0) is 12.8 Å². The van der Waals surface area contributed by atoms with Gasteiger partial charge in [-0.15, -0.1) is 11.3 Å². The van der Waals surface area contributed by atoms with Gasteiger partial charge in [0.15, 0.2) is 0 Å². The highest BCUT2D eigenvalue weighted by atomic mass is 79.9. The largest absolute Gasteiger partial charge is 0.496 e. The minimum absolute atomic E-state index is 0.267. The molecule has 0 bridgehead atoms. The second-order valence-electron chi connectivity index (χ2n) is 5.97. The normalized spacial score (nSPS) is 16.2. The van der Waals surface area contributed by atoms with Gasteiger partial charge in [-0.2, -0.15) is 5.26 Å². The lowest BCUT2D eigenvalue weighted by atomic mass is 9.88. The predicted molar refractivity (Wildman–Crippen MR) is 98.9 cm³/mol. The molecule has 0 radical (unpaired) electrons. The fraction of sp³-hybridized carbons (Fsp3) is 0.333. The highest BCUT2D eigenvalue weighted by Crippen LogP contribution is 2.39. The number of benzene rings is 1. The number of halogens is 1. The number of carbonyl (C=O) groups excluding carboxylic acids is 1. The van der Waals surface area contributed by atoms with Crippen molar-refractivity contribution in [2.75, 3.05) is 12.4 Å². The zero-order chi connectivity index (χ0) is 17.3. The summed E-state index contributed by atoms with van der Waals surface area (Å²) in [6.45, 7) is 2.22. The van der Waals surface area contributed by atoms with Crippen molar-refractivity contribution < 1.29 is 9.53 Å². The first kappa shape index (κ1) is 17.0. The van der Waals surface area contributed by atoms with Crippen LogP contribution in [0.4, 0.5) is 5.00 Å². The van der Waals surface area contributed by atoms with E-state index < -0.39 is 0 Å². The fourth-order valence-electron chi connectivity index (χ4n) is 2.99.